The molecule has 0 aromatic carbocycles. The van der Waals surface area contributed by atoms with Gasteiger partial charge in [0.1, 0.15) is 0 Å². The van der Waals surface area contributed by atoms with Crippen LogP contribution in [0.1, 0.15) is 33.1 Å². The maximum Gasteiger partial charge on any atom is 0.300 e. The fourth-order valence-electron chi connectivity index (χ4n) is 0.517. The summed E-state index contributed by atoms with van der Waals surface area (Å²) in [5, 5.41) is 15.8. The second-order valence-electron chi connectivity index (χ2n) is 2.44. The van der Waals surface area contributed by atoms with Crippen LogP contribution >= 0.6 is 11.6 Å². The number of carbonyl (C=O) groups is 1. The molecule has 4 heteroatoms. The summed E-state index contributed by atoms with van der Waals surface area (Å²) in [4.78, 5) is 9.00. The SMILES string of the molecule is CC(=O)O.CCCCC(Cl)CO. The van der Waals surface area contributed by atoms with Crippen LogP contribution in [0.25, 0.3) is 0 Å². The molecule has 0 aliphatic rings. The number of aliphatic carboxylic acids is 1. The first-order valence-corrected chi connectivity index (χ1v) is 4.42. The highest BCUT2D eigenvalue weighted by atomic mass is 35.5. The van der Waals surface area contributed by atoms with Crippen molar-refractivity contribution in [1.29, 1.82) is 0 Å². The zero-order chi connectivity index (χ0) is 9.98. The number of halogens is 1. The van der Waals surface area contributed by atoms with Gasteiger partial charge < -0.3 is 10.2 Å². The van der Waals surface area contributed by atoms with Gasteiger partial charge in [0, 0.05) is 6.92 Å². The Morgan fingerprint density at radius 1 is 1.58 bits per heavy atom. The largest absolute Gasteiger partial charge is 0.481 e. The zero-order valence-electron chi connectivity index (χ0n) is 7.59. The number of hydrogen-bond donors (Lipinski definition) is 2. The number of unbranched alkanes of at least 4 members (excludes halogenated alkanes) is 1. The van der Waals surface area contributed by atoms with Crippen LogP contribution < -0.4 is 0 Å². The van der Waals surface area contributed by atoms with E-state index in [1.807, 2.05) is 0 Å². The number of rotatable bonds is 4. The van der Waals surface area contributed by atoms with E-state index in [2.05, 4.69) is 6.92 Å². The predicted molar refractivity (Wildman–Crippen MR) is 49.6 cm³/mol. The number of aliphatic hydroxyl groups excluding tert-OH is 1. The van der Waals surface area contributed by atoms with Crippen molar-refractivity contribution in [2.75, 3.05) is 6.61 Å². The van der Waals surface area contributed by atoms with Crippen molar-refractivity contribution < 1.29 is 15.0 Å². The van der Waals surface area contributed by atoms with Crippen LogP contribution in [0.5, 0.6) is 0 Å². The molecule has 1 unspecified atom stereocenters. The molecular weight excluding hydrogens is 180 g/mol. The van der Waals surface area contributed by atoms with E-state index in [9.17, 15) is 0 Å². The average Bonchev–Trinajstić information content (AvgIpc) is 1.99. The number of carboxylic acid groups (broad SMARTS) is 1. The Kier molecular flexibility index (Phi) is 12.7. The molecule has 0 radical (unpaired) electrons. The van der Waals surface area contributed by atoms with E-state index < -0.39 is 5.97 Å². The first-order chi connectivity index (χ1) is 5.54. The molecule has 74 valence electrons. The van der Waals surface area contributed by atoms with E-state index in [-0.39, 0.29) is 12.0 Å². The first-order valence-electron chi connectivity index (χ1n) is 3.99. The van der Waals surface area contributed by atoms with Crippen molar-refractivity contribution in [3.05, 3.63) is 0 Å². The highest BCUT2D eigenvalue weighted by Gasteiger charge is 1.98. The van der Waals surface area contributed by atoms with Gasteiger partial charge in [0.15, 0.2) is 0 Å². The van der Waals surface area contributed by atoms with Gasteiger partial charge in [-0.25, -0.2) is 0 Å². The first kappa shape index (κ1) is 14.3. The smallest absolute Gasteiger partial charge is 0.300 e. The van der Waals surface area contributed by atoms with Crippen LogP contribution in [-0.2, 0) is 4.79 Å². The van der Waals surface area contributed by atoms with E-state index in [4.69, 9.17) is 26.6 Å². The van der Waals surface area contributed by atoms with Gasteiger partial charge in [-0.2, -0.15) is 0 Å². The highest BCUT2D eigenvalue weighted by Crippen LogP contribution is 2.05. The van der Waals surface area contributed by atoms with Gasteiger partial charge in [0.25, 0.3) is 5.97 Å². The maximum atomic E-state index is 9.00. The molecule has 0 heterocycles. The van der Waals surface area contributed by atoms with Crippen LogP contribution in [0.2, 0.25) is 0 Å². The van der Waals surface area contributed by atoms with Gasteiger partial charge in [-0.05, 0) is 6.42 Å². The van der Waals surface area contributed by atoms with Crippen LogP contribution in [-0.4, -0.2) is 28.2 Å². The maximum absolute atomic E-state index is 9.00. The lowest BCUT2D eigenvalue weighted by atomic mass is 10.2. The Balaban J connectivity index is 0. The third kappa shape index (κ3) is 22.6. The fraction of sp³-hybridized carbons (Fsp3) is 0.875. The summed E-state index contributed by atoms with van der Waals surface area (Å²) in [5.74, 6) is -0.833. The van der Waals surface area contributed by atoms with E-state index >= 15 is 0 Å². The molecule has 0 aliphatic carbocycles. The van der Waals surface area contributed by atoms with E-state index in [1.54, 1.807) is 0 Å². The summed E-state index contributed by atoms with van der Waals surface area (Å²) in [6.45, 7) is 3.31. The highest BCUT2D eigenvalue weighted by molar-refractivity contribution is 6.20. The van der Waals surface area contributed by atoms with Crippen LogP contribution in [0.4, 0.5) is 0 Å². The minimum Gasteiger partial charge on any atom is -0.481 e. The molecule has 0 amide bonds. The second-order valence-corrected chi connectivity index (χ2v) is 3.06. The lowest BCUT2D eigenvalue weighted by molar-refractivity contribution is -0.134. The van der Waals surface area contributed by atoms with Crippen molar-refractivity contribution >= 4 is 17.6 Å². The molecule has 0 bridgehead atoms. The van der Waals surface area contributed by atoms with E-state index in [0.29, 0.717) is 0 Å². The van der Waals surface area contributed by atoms with Gasteiger partial charge in [-0.3, -0.25) is 4.79 Å². The summed E-state index contributed by atoms with van der Waals surface area (Å²) in [5.41, 5.74) is 0. The summed E-state index contributed by atoms with van der Waals surface area (Å²) in [6, 6.07) is 0. The summed E-state index contributed by atoms with van der Waals surface area (Å²) < 4.78 is 0. The molecule has 0 spiro atoms. The predicted octanol–water partition coefficient (Wildman–Crippen LogP) is 1.87. The molecule has 0 fully saturated rings. The molecular formula is C8H17ClO3. The Hall–Kier alpha value is -0.280. The Morgan fingerprint density at radius 3 is 2.25 bits per heavy atom. The lowest BCUT2D eigenvalue weighted by Crippen LogP contribution is -2.02. The van der Waals surface area contributed by atoms with Crippen molar-refractivity contribution in [2.45, 2.75) is 38.5 Å². The fourth-order valence-corrected chi connectivity index (χ4v) is 0.671. The number of aliphatic hydroxyl groups is 1. The Bertz CT molecular complexity index is 102. The van der Waals surface area contributed by atoms with Gasteiger partial charge in [-0.15, -0.1) is 11.6 Å². The lowest BCUT2D eigenvalue weighted by Gasteiger charge is -2.01. The van der Waals surface area contributed by atoms with Gasteiger partial charge in [0.2, 0.25) is 0 Å². The standard InChI is InChI=1S/C6H13ClO.C2H4O2/c1-2-3-4-6(7)5-8;1-2(3)4/h6,8H,2-5H2,1H3;1H3,(H,3,4). The number of carboxylic acids is 1. The summed E-state index contributed by atoms with van der Waals surface area (Å²) in [6.07, 6.45) is 3.21. The average molecular weight is 197 g/mol. The van der Waals surface area contributed by atoms with Crippen LogP contribution in [0.15, 0.2) is 0 Å². The summed E-state index contributed by atoms with van der Waals surface area (Å²) >= 11 is 5.59. The number of alkyl halides is 1. The molecule has 12 heavy (non-hydrogen) atoms. The molecule has 0 saturated heterocycles. The number of hydrogen-bond acceptors (Lipinski definition) is 2. The Morgan fingerprint density at radius 2 is 2.00 bits per heavy atom. The van der Waals surface area contributed by atoms with Gasteiger partial charge >= 0.3 is 0 Å². The quantitative estimate of drug-likeness (QED) is 0.675. The summed E-state index contributed by atoms with van der Waals surface area (Å²) in [7, 11) is 0. The minimum absolute atomic E-state index is 0.0186. The monoisotopic (exact) mass is 196 g/mol. The molecule has 2 N–H and O–H groups in total. The zero-order valence-corrected chi connectivity index (χ0v) is 8.34. The van der Waals surface area contributed by atoms with Crippen LogP contribution in [0.3, 0.4) is 0 Å². The molecule has 0 saturated carbocycles. The molecule has 0 aromatic heterocycles. The van der Waals surface area contributed by atoms with E-state index in [0.717, 1.165) is 26.2 Å². The third-order valence-corrected chi connectivity index (χ3v) is 1.43. The minimum atomic E-state index is -0.833. The van der Waals surface area contributed by atoms with Crippen LogP contribution in [0, 0.1) is 0 Å². The molecule has 0 rings (SSSR count). The van der Waals surface area contributed by atoms with Gasteiger partial charge in [0.05, 0.1) is 12.0 Å². The normalized spacial score (nSPS) is 11.3. The van der Waals surface area contributed by atoms with Crippen molar-refractivity contribution in [3.63, 3.8) is 0 Å². The molecule has 0 aliphatic heterocycles. The topological polar surface area (TPSA) is 57.5 Å². The third-order valence-electron chi connectivity index (χ3n) is 1.07. The van der Waals surface area contributed by atoms with Crippen molar-refractivity contribution in [3.8, 4) is 0 Å². The van der Waals surface area contributed by atoms with Crippen molar-refractivity contribution in [1.82, 2.24) is 0 Å². The second kappa shape index (κ2) is 10.7. The Labute approximate surface area is 78.4 Å². The molecule has 3 nitrogen and oxygen atoms in total. The van der Waals surface area contributed by atoms with Crippen molar-refractivity contribution in [2.24, 2.45) is 0 Å². The van der Waals surface area contributed by atoms with Gasteiger partial charge in [-0.1, -0.05) is 19.8 Å². The molecule has 1 atom stereocenters. The molecule has 0 aromatic rings. The van der Waals surface area contributed by atoms with E-state index in [1.165, 1.54) is 0 Å².